The largest absolute Gasteiger partial charge is 0.468 e. The number of esters is 1. The van der Waals surface area contributed by atoms with E-state index in [1.165, 1.54) is 19.2 Å². The van der Waals surface area contributed by atoms with Gasteiger partial charge < -0.3 is 9.64 Å². The van der Waals surface area contributed by atoms with Crippen LogP contribution in [0.2, 0.25) is 0 Å². The second-order valence-corrected chi connectivity index (χ2v) is 4.46. The summed E-state index contributed by atoms with van der Waals surface area (Å²) in [7, 11) is 1.47. The number of ether oxygens (including phenoxy) is 1. The summed E-state index contributed by atoms with van der Waals surface area (Å²) in [5, 5.41) is 0. The molecule has 3 heteroatoms. The topological polar surface area (TPSA) is 29.5 Å². The lowest BCUT2D eigenvalue weighted by Gasteiger charge is -2.20. The number of benzene rings is 1. The summed E-state index contributed by atoms with van der Waals surface area (Å²) < 4.78 is 4.93. The molecule has 3 nitrogen and oxygen atoms in total. The van der Waals surface area contributed by atoms with Crippen LogP contribution in [0.1, 0.15) is 24.3 Å². The summed E-state index contributed by atoms with van der Waals surface area (Å²) in [6, 6.07) is 8.52. The molecule has 0 unspecified atom stereocenters. The Hall–Kier alpha value is -1.51. The number of para-hydroxylation sites is 1. The zero-order valence-electron chi connectivity index (χ0n) is 9.35. The predicted octanol–water partition coefficient (Wildman–Crippen LogP) is 1.93. The van der Waals surface area contributed by atoms with Crippen LogP contribution in [0, 0.1) is 0 Å². The van der Waals surface area contributed by atoms with E-state index in [4.69, 9.17) is 4.74 Å². The molecule has 0 aliphatic carbocycles. The van der Waals surface area contributed by atoms with Crippen molar-refractivity contribution < 1.29 is 9.53 Å². The zero-order chi connectivity index (χ0) is 11.1. The molecular weight excluding hydrogens is 202 g/mol. The maximum absolute atomic E-state index is 11.9. The first-order valence-electron chi connectivity index (χ1n) is 5.76. The van der Waals surface area contributed by atoms with Gasteiger partial charge in [0.1, 0.15) is 5.92 Å². The molecule has 3 rings (SSSR count). The number of fused-ring (bicyclic) bond motifs is 3. The molecule has 0 aromatic heterocycles. The van der Waals surface area contributed by atoms with Gasteiger partial charge in [-0.1, -0.05) is 18.2 Å². The van der Waals surface area contributed by atoms with Crippen LogP contribution >= 0.6 is 0 Å². The molecule has 0 saturated carbocycles. The molecule has 1 aromatic rings. The molecule has 1 saturated heterocycles. The minimum Gasteiger partial charge on any atom is -0.468 e. The number of nitrogens with zero attached hydrogens (tertiary/aromatic N) is 1. The molecular formula is C13H15NO2. The first-order valence-corrected chi connectivity index (χ1v) is 5.76. The molecule has 1 fully saturated rings. The van der Waals surface area contributed by atoms with Crippen molar-refractivity contribution in [2.24, 2.45) is 0 Å². The number of rotatable bonds is 1. The molecule has 0 N–H and O–H groups in total. The molecule has 2 heterocycles. The second-order valence-electron chi connectivity index (χ2n) is 4.46. The third kappa shape index (κ3) is 1.17. The summed E-state index contributed by atoms with van der Waals surface area (Å²) in [6.45, 7) is 1.06. The molecule has 2 aliphatic rings. The van der Waals surface area contributed by atoms with Gasteiger partial charge in [-0.3, -0.25) is 4.79 Å². The maximum Gasteiger partial charge on any atom is 0.315 e. The monoisotopic (exact) mass is 217 g/mol. The molecule has 16 heavy (non-hydrogen) atoms. The quantitative estimate of drug-likeness (QED) is 0.673. The van der Waals surface area contributed by atoms with Crippen LogP contribution in [-0.4, -0.2) is 25.7 Å². The molecule has 2 atom stereocenters. The summed E-state index contributed by atoms with van der Waals surface area (Å²) in [5.41, 5.74) is 2.36. The highest BCUT2D eigenvalue weighted by Crippen LogP contribution is 2.45. The predicted molar refractivity (Wildman–Crippen MR) is 61.6 cm³/mol. The van der Waals surface area contributed by atoms with Crippen LogP contribution < -0.4 is 4.90 Å². The van der Waals surface area contributed by atoms with Gasteiger partial charge in [0.05, 0.1) is 7.11 Å². The fourth-order valence-corrected chi connectivity index (χ4v) is 3.07. The van der Waals surface area contributed by atoms with E-state index in [9.17, 15) is 4.79 Å². The van der Waals surface area contributed by atoms with Crippen molar-refractivity contribution in [2.45, 2.75) is 24.8 Å². The highest BCUT2D eigenvalue weighted by Gasteiger charge is 2.45. The van der Waals surface area contributed by atoms with Crippen LogP contribution in [0.5, 0.6) is 0 Å². The van der Waals surface area contributed by atoms with Gasteiger partial charge in [-0.05, 0) is 24.5 Å². The van der Waals surface area contributed by atoms with Gasteiger partial charge in [-0.15, -0.1) is 0 Å². The van der Waals surface area contributed by atoms with E-state index in [0.717, 1.165) is 18.5 Å². The highest BCUT2D eigenvalue weighted by atomic mass is 16.5. The average Bonchev–Trinajstić information content (AvgIpc) is 2.87. The molecule has 84 valence electrons. The van der Waals surface area contributed by atoms with Gasteiger partial charge >= 0.3 is 5.97 Å². The van der Waals surface area contributed by atoms with Gasteiger partial charge in [0.15, 0.2) is 0 Å². The lowest BCUT2D eigenvalue weighted by Crippen LogP contribution is -2.31. The van der Waals surface area contributed by atoms with Crippen LogP contribution in [-0.2, 0) is 9.53 Å². The van der Waals surface area contributed by atoms with E-state index in [0.29, 0.717) is 6.04 Å². The van der Waals surface area contributed by atoms with E-state index >= 15 is 0 Å². The molecule has 1 aromatic carbocycles. The minimum atomic E-state index is -0.0955. The Kier molecular flexibility index (Phi) is 2.13. The number of hydrogen-bond acceptors (Lipinski definition) is 3. The van der Waals surface area contributed by atoms with Crippen LogP contribution in [0.15, 0.2) is 24.3 Å². The number of carbonyl (C=O) groups excluding carboxylic acids is 1. The second kappa shape index (κ2) is 3.51. The Bertz CT molecular complexity index is 430. The molecule has 2 aliphatic heterocycles. The van der Waals surface area contributed by atoms with E-state index in [1.54, 1.807) is 0 Å². The first-order chi connectivity index (χ1) is 7.83. The lowest BCUT2D eigenvalue weighted by molar-refractivity contribution is -0.142. The molecule has 0 amide bonds. The summed E-state index contributed by atoms with van der Waals surface area (Å²) >= 11 is 0. The van der Waals surface area contributed by atoms with Crippen LogP contribution in [0.25, 0.3) is 0 Å². The van der Waals surface area contributed by atoms with Crippen molar-refractivity contribution in [3.8, 4) is 0 Å². The van der Waals surface area contributed by atoms with E-state index in [2.05, 4.69) is 17.0 Å². The van der Waals surface area contributed by atoms with Crippen LogP contribution in [0.4, 0.5) is 5.69 Å². The van der Waals surface area contributed by atoms with Crippen molar-refractivity contribution in [3.63, 3.8) is 0 Å². The van der Waals surface area contributed by atoms with Gasteiger partial charge in [-0.2, -0.15) is 0 Å². The third-order valence-corrected chi connectivity index (χ3v) is 3.72. The summed E-state index contributed by atoms with van der Waals surface area (Å²) in [5.74, 6) is -0.175. The zero-order valence-corrected chi connectivity index (χ0v) is 9.35. The minimum absolute atomic E-state index is 0.0799. The Morgan fingerprint density at radius 2 is 2.25 bits per heavy atom. The Morgan fingerprint density at radius 1 is 1.44 bits per heavy atom. The molecule has 0 radical (unpaired) electrons. The summed E-state index contributed by atoms with van der Waals surface area (Å²) in [4.78, 5) is 14.2. The van der Waals surface area contributed by atoms with Crippen molar-refractivity contribution in [3.05, 3.63) is 29.8 Å². The fourth-order valence-electron chi connectivity index (χ4n) is 3.07. The van der Waals surface area contributed by atoms with Gasteiger partial charge in [-0.25, -0.2) is 0 Å². The summed E-state index contributed by atoms with van der Waals surface area (Å²) in [6.07, 6.45) is 2.26. The fraction of sp³-hybridized carbons (Fsp3) is 0.462. The average molecular weight is 217 g/mol. The molecule has 0 spiro atoms. The standard InChI is InChI=1S/C13H15NO2/c1-16-13(15)12-9-5-2-3-6-10(9)14-8-4-7-11(12)14/h2-3,5-6,11-12H,4,7-8H2,1H3/t11-,12+/m1/s1. The Morgan fingerprint density at radius 3 is 3.06 bits per heavy atom. The van der Waals surface area contributed by atoms with Gasteiger partial charge in [0.2, 0.25) is 0 Å². The highest BCUT2D eigenvalue weighted by molar-refractivity contribution is 5.85. The van der Waals surface area contributed by atoms with Crippen molar-refractivity contribution in [1.29, 1.82) is 0 Å². The number of anilines is 1. The van der Waals surface area contributed by atoms with E-state index in [1.807, 2.05) is 12.1 Å². The maximum atomic E-state index is 11.9. The first kappa shape index (κ1) is 9.70. The van der Waals surface area contributed by atoms with Crippen molar-refractivity contribution in [1.82, 2.24) is 0 Å². The smallest absolute Gasteiger partial charge is 0.315 e. The van der Waals surface area contributed by atoms with Gasteiger partial charge in [0.25, 0.3) is 0 Å². The number of methoxy groups -OCH3 is 1. The van der Waals surface area contributed by atoms with Crippen LogP contribution in [0.3, 0.4) is 0 Å². The lowest BCUT2D eigenvalue weighted by atomic mass is 9.93. The van der Waals surface area contributed by atoms with E-state index < -0.39 is 0 Å². The van der Waals surface area contributed by atoms with Crippen molar-refractivity contribution >= 4 is 11.7 Å². The van der Waals surface area contributed by atoms with Crippen molar-refractivity contribution in [2.75, 3.05) is 18.6 Å². The third-order valence-electron chi connectivity index (χ3n) is 3.72. The van der Waals surface area contributed by atoms with Gasteiger partial charge in [0, 0.05) is 18.3 Å². The van der Waals surface area contributed by atoms with E-state index in [-0.39, 0.29) is 11.9 Å². The Balaban J connectivity index is 2.08. The SMILES string of the molecule is COC(=O)[C@H]1c2ccccc2N2CCC[C@H]12. The normalized spacial score (nSPS) is 26.4. The number of carbonyl (C=O) groups is 1. The Labute approximate surface area is 95.0 Å². The molecule has 0 bridgehead atoms. The number of hydrogen-bond donors (Lipinski definition) is 0.